The first-order valence-electron chi connectivity index (χ1n) is 5.64. The van der Waals surface area contributed by atoms with Crippen LogP contribution in [-0.4, -0.2) is 34.2 Å². The largest absolute Gasteiger partial charge is 0.338 e. The van der Waals surface area contributed by atoms with Crippen LogP contribution in [0, 0.1) is 0 Å². The second-order valence-corrected chi connectivity index (χ2v) is 5.09. The Morgan fingerprint density at radius 3 is 3.11 bits per heavy atom. The number of likely N-dealkylation sites (tertiary alicyclic amines) is 1. The molecule has 98 valence electrons. The van der Waals surface area contributed by atoms with E-state index in [9.17, 15) is 0 Å². The molecule has 2 aromatic heterocycles. The summed E-state index contributed by atoms with van der Waals surface area (Å²) in [4.78, 5) is 6.63. The molecule has 2 aromatic rings. The Bertz CT molecular complexity index is 487. The molecule has 1 saturated heterocycles. The number of hydrogen-bond donors (Lipinski definition) is 1. The first kappa shape index (κ1) is 13.5. The van der Waals surface area contributed by atoms with E-state index in [0.29, 0.717) is 18.3 Å². The second-order valence-electron chi connectivity index (χ2n) is 4.31. The first-order valence-corrected chi connectivity index (χ1v) is 6.58. The minimum atomic E-state index is 0. The molecule has 1 fully saturated rings. The maximum absolute atomic E-state index is 5.85. The van der Waals surface area contributed by atoms with E-state index in [1.54, 1.807) is 11.3 Å². The Morgan fingerprint density at radius 1 is 1.56 bits per heavy atom. The SMILES string of the molecule is Cl.N[C@@H]1CCN(Cc2nc(-c3ccsc3)no2)C1. The molecule has 3 heterocycles. The van der Waals surface area contributed by atoms with Gasteiger partial charge in [-0.15, -0.1) is 12.4 Å². The zero-order chi connectivity index (χ0) is 11.7. The van der Waals surface area contributed by atoms with Gasteiger partial charge in [-0.05, 0) is 17.9 Å². The minimum Gasteiger partial charge on any atom is -0.338 e. The lowest BCUT2D eigenvalue weighted by Gasteiger charge is -2.10. The number of rotatable bonds is 3. The molecule has 0 aromatic carbocycles. The van der Waals surface area contributed by atoms with Gasteiger partial charge in [-0.2, -0.15) is 16.3 Å². The van der Waals surface area contributed by atoms with Crippen molar-refractivity contribution in [1.29, 1.82) is 0 Å². The van der Waals surface area contributed by atoms with Crippen molar-refractivity contribution in [3.8, 4) is 11.4 Å². The average Bonchev–Trinajstić information content (AvgIpc) is 3.00. The third-order valence-corrected chi connectivity index (χ3v) is 3.60. The van der Waals surface area contributed by atoms with Crippen LogP contribution in [-0.2, 0) is 6.54 Å². The van der Waals surface area contributed by atoms with Gasteiger partial charge in [0, 0.05) is 30.1 Å². The Balaban J connectivity index is 0.00000120. The molecular weight excluding hydrogens is 272 g/mol. The van der Waals surface area contributed by atoms with Crippen molar-refractivity contribution >= 4 is 23.7 Å². The second kappa shape index (κ2) is 5.79. The van der Waals surface area contributed by atoms with Crippen LogP contribution in [0.1, 0.15) is 12.3 Å². The van der Waals surface area contributed by atoms with Gasteiger partial charge in [0.25, 0.3) is 0 Å². The predicted octanol–water partition coefficient (Wildman–Crippen LogP) is 1.75. The zero-order valence-electron chi connectivity index (χ0n) is 9.78. The van der Waals surface area contributed by atoms with Crippen molar-refractivity contribution in [3.05, 3.63) is 22.7 Å². The molecule has 0 amide bonds. The first-order chi connectivity index (χ1) is 8.31. The van der Waals surface area contributed by atoms with Crippen molar-refractivity contribution in [1.82, 2.24) is 15.0 Å². The fourth-order valence-corrected chi connectivity index (χ4v) is 2.66. The van der Waals surface area contributed by atoms with Gasteiger partial charge in [-0.3, -0.25) is 4.90 Å². The van der Waals surface area contributed by atoms with Crippen molar-refractivity contribution in [2.45, 2.75) is 19.0 Å². The molecule has 0 aliphatic carbocycles. The van der Waals surface area contributed by atoms with Gasteiger partial charge in [-0.1, -0.05) is 5.16 Å². The van der Waals surface area contributed by atoms with E-state index in [4.69, 9.17) is 10.3 Å². The highest BCUT2D eigenvalue weighted by atomic mass is 35.5. The minimum absolute atomic E-state index is 0. The van der Waals surface area contributed by atoms with E-state index in [1.807, 2.05) is 16.8 Å². The van der Waals surface area contributed by atoms with Crippen LogP contribution < -0.4 is 5.73 Å². The van der Waals surface area contributed by atoms with Gasteiger partial charge in [-0.25, -0.2) is 0 Å². The molecule has 1 atom stereocenters. The van der Waals surface area contributed by atoms with Crippen LogP contribution in [0.4, 0.5) is 0 Å². The highest BCUT2D eigenvalue weighted by Gasteiger charge is 2.21. The van der Waals surface area contributed by atoms with Crippen molar-refractivity contribution in [3.63, 3.8) is 0 Å². The Kier molecular flexibility index (Phi) is 4.34. The van der Waals surface area contributed by atoms with E-state index >= 15 is 0 Å². The third-order valence-electron chi connectivity index (χ3n) is 2.92. The van der Waals surface area contributed by atoms with Gasteiger partial charge < -0.3 is 10.3 Å². The normalized spacial score (nSPS) is 19.9. The topological polar surface area (TPSA) is 68.2 Å². The zero-order valence-corrected chi connectivity index (χ0v) is 11.4. The summed E-state index contributed by atoms with van der Waals surface area (Å²) in [7, 11) is 0. The molecule has 1 aliphatic rings. The van der Waals surface area contributed by atoms with Gasteiger partial charge in [0.1, 0.15) is 0 Å². The monoisotopic (exact) mass is 286 g/mol. The number of halogens is 1. The van der Waals surface area contributed by atoms with Gasteiger partial charge in [0.2, 0.25) is 11.7 Å². The van der Waals surface area contributed by atoms with Crippen LogP contribution in [0.2, 0.25) is 0 Å². The summed E-state index contributed by atoms with van der Waals surface area (Å²) in [6.07, 6.45) is 1.05. The number of nitrogens with zero attached hydrogens (tertiary/aromatic N) is 3. The molecule has 5 nitrogen and oxygen atoms in total. The lowest BCUT2D eigenvalue weighted by molar-refractivity contribution is 0.265. The van der Waals surface area contributed by atoms with E-state index in [0.717, 1.165) is 25.1 Å². The van der Waals surface area contributed by atoms with Gasteiger partial charge in [0.05, 0.1) is 6.54 Å². The van der Waals surface area contributed by atoms with Crippen molar-refractivity contribution in [2.75, 3.05) is 13.1 Å². The van der Waals surface area contributed by atoms with E-state index in [-0.39, 0.29) is 18.4 Å². The molecule has 0 spiro atoms. The molecule has 0 unspecified atom stereocenters. The van der Waals surface area contributed by atoms with E-state index in [1.165, 1.54) is 0 Å². The summed E-state index contributed by atoms with van der Waals surface area (Å²) >= 11 is 1.63. The molecular formula is C11H15ClN4OS. The Labute approximate surface area is 115 Å². The average molecular weight is 287 g/mol. The quantitative estimate of drug-likeness (QED) is 0.931. The smallest absolute Gasteiger partial charge is 0.241 e. The maximum atomic E-state index is 5.85. The molecule has 18 heavy (non-hydrogen) atoms. The van der Waals surface area contributed by atoms with Crippen LogP contribution in [0.5, 0.6) is 0 Å². The molecule has 0 bridgehead atoms. The van der Waals surface area contributed by atoms with Crippen LogP contribution in [0.15, 0.2) is 21.3 Å². The van der Waals surface area contributed by atoms with Gasteiger partial charge in [0.15, 0.2) is 0 Å². The third kappa shape index (κ3) is 2.89. The van der Waals surface area contributed by atoms with E-state index < -0.39 is 0 Å². The summed E-state index contributed by atoms with van der Waals surface area (Å²) in [5.74, 6) is 1.34. The summed E-state index contributed by atoms with van der Waals surface area (Å²) in [5.41, 5.74) is 6.87. The lowest BCUT2D eigenvalue weighted by Crippen LogP contribution is -2.26. The number of thiophene rings is 1. The Morgan fingerprint density at radius 2 is 2.44 bits per heavy atom. The van der Waals surface area contributed by atoms with Crippen LogP contribution >= 0.6 is 23.7 Å². The summed E-state index contributed by atoms with van der Waals surface area (Å²) in [6.45, 7) is 2.62. The fraction of sp³-hybridized carbons (Fsp3) is 0.455. The Hall–Kier alpha value is -0.950. The lowest BCUT2D eigenvalue weighted by atomic mass is 10.3. The molecule has 0 saturated carbocycles. The highest BCUT2D eigenvalue weighted by molar-refractivity contribution is 7.08. The summed E-state index contributed by atoms with van der Waals surface area (Å²) < 4.78 is 5.25. The maximum Gasteiger partial charge on any atom is 0.241 e. The predicted molar refractivity (Wildman–Crippen MR) is 72.7 cm³/mol. The van der Waals surface area contributed by atoms with Crippen molar-refractivity contribution in [2.24, 2.45) is 5.73 Å². The molecule has 7 heteroatoms. The number of nitrogens with two attached hydrogens (primary N) is 1. The van der Waals surface area contributed by atoms with E-state index in [2.05, 4.69) is 15.0 Å². The van der Waals surface area contributed by atoms with Crippen molar-refractivity contribution < 1.29 is 4.52 Å². The fourth-order valence-electron chi connectivity index (χ4n) is 2.03. The molecule has 3 rings (SSSR count). The summed E-state index contributed by atoms with van der Waals surface area (Å²) in [6, 6.07) is 2.28. The van der Waals surface area contributed by atoms with Crippen LogP contribution in [0.25, 0.3) is 11.4 Å². The molecule has 0 radical (unpaired) electrons. The van der Waals surface area contributed by atoms with Gasteiger partial charge >= 0.3 is 0 Å². The molecule has 1 aliphatic heterocycles. The standard InChI is InChI=1S/C11H14N4OS.ClH/c12-9-1-3-15(5-9)6-10-13-11(14-16-10)8-2-4-17-7-8;/h2,4,7,9H,1,3,5-6,12H2;1H/t9-;/m1./s1. The van der Waals surface area contributed by atoms with Crippen LogP contribution in [0.3, 0.4) is 0 Å². The number of hydrogen-bond acceptors (Lipinski definition) is 6. The number of aromatic nitrogens is 2. The highest BCUT2D eigenvalue weighted by Crippen LogP contribution is 2.19. The summed E-state index contributed by atoms with van der Waals surface area (Å²) in [5, 5.41) is 8.00. The molecule has 2 N–H and O–H groups in total.